The van der Waals surface area contributed by atoms with E-state index in [4.69, 9.17) is 32.7 Å². The van der Waals surface area contributed by atoms with E-state index in [9.17, 15) is 14.4 Å². The number of carbonyl (C=O) groups is 3. The van der Waals surface area contributed by atoms with Crippen molar-refractivity contribution in [2.75, 3.05) is 52.4 Å². The number of rotatable bonds is 3. The summed E-state index contributed by atoms with van der Waals surface area (Å²) < 4.78 is 10.6. The van der Waals surface area contributed by atoms with Gasteiger partial charge in [-0.05, 0) is 59.2 Å². The zero-order chi connectivity index (χ0) is 32.0. The molecule has 2 aliphatic rings. The Labute approximate surface area is 266 Å². The minimum absolute atomic E-state index is 0.200. The van der Waals surface area contributed by atoms with E-state index >= 15 is 0 Å². The lowest BCUT2D eigenvalue weighted by atomic mass is 10.2. The zero-order valence-corrected chi connectivity index (χ0v) is 27.7. The predicted molar refractivity (Wildman–Crippen MR) is 172 cm³/mol. The van der Waals surface area contributed by atoms with Crippen molar-refractivity contribution in [3.8, 4) is 0 Å². The molecule has 0 aliphatic carbocycles. The maximum atomic E-state index is 12.0. The number of carbonyl (C=O) groups excluding carboxylic acids is 3. The molecule has 2 aromatic rings. The van der Waals surface area contributed by atoms with Gasteiger partial charge in [-0.1, -0.05) is 59.6 Å². The van der Waals surface area contributed by atoms with Crippen LogP contribution >= 0.6 is 23.2 Å². The van der Waals surface area contributed by atoms with E-state index in [1.807, 2.05) is 65.8 Å². The number of aldehydes is 1. The van der Waals surface area contributed by atoms with Crippen molar-refractivity contribution in [3.63, 3.8) is 0 Å². The largest absolute Gasteiger partial charge is 0.444 e. The first-order valence-corrected chi connectivity index (χ1v) is 15.3. The van der Waals surface area contributed by atoms with Gasteiger partial charge in [-0.3, -0.25) is 9.69 Å². The van der Waals surface area contributed by atoms with E-state index in [1.165, 1.54) is 0 Å². The Bertz CT molecular complexity index is 1170. The van der Waals surface area contributed by atoms with Gasteiger partial charge in [0.25, 0.3) is 0 Å². The maximum absolute atomic E-state index is 12.0. The Morgan fingerprint density at radius 1 is 0.744 bits per heavy atom. The van der Waals surface area contributed by atoms with Crippen molar-refractivity contribution >= 4 is 41.7 Å². The summed E-state index contributed by atoms with van der Waals surface area (Å²) in [5.41, 5.74) is 0.845. The van der Waals surface area contributed by atoms with E-state index in [0.717, 1.165) is 62.7 Å². The summed E-state index contributed by atoms with van der Waals surface area (Å²) in [7, 11) is 0. The summed E-state index contributed by atoms with van der Waals surface area (Å²) in [5.74, 6) is 0. The van der Waals surface area contributed by atoms with Gasteiger partial charge in [0.1, 0.15) is 11.2 Å². The molecule has 2 saturated heterocycles. The molecule has 0 bridgehead atoms. The van der Waals surface area contributed by atoms with Gasteiger partial charge in [-0.15, -0.1) is 0 Å². The molecule has 11 heteroatoms. The number of nitrogens with one attached hydrogen (secondary N) is 1. The van der Waals surface area contributed by atoms with Crippen LogP contribution in [0.3, 0.4) is 0 Å². The molecule has 4 rings (SSSR count). The average molecular weight is 638 g/mol. The highest BCUT2D eigenvalue weighted by Crippen LogP contribution is 2.19. The molecule has 0 radical (unpaired) electrons. The Hall–Kier alpha value is -2.85. The van der Waals surface area contributed by atoms with E-state index < -0.39 is 5.60 Å². The van der Waals surface area contributed by atoms with E-state index in [2.05, 4.69) is 10.2 Å². The molecule has 238 valence electrons. The van der Waals surface area contributed by atoms with Crippen LogP contribution in [-0.4, -0.2) is 96.7 Å². The van der Waals surface area contributed by atoms with Gasteiger partial charge in [0, 0.05) is 69.5 Å². The van der Waals surface area contributed by atoms with Crippen LogP contribution in [0.2, 0.25) is 10.0 Å². The third-order valence-corrected chi connectivity index (χ3v) is 6.89. The van der Waals surface area contributed by atoms with Crippen molar-refractivity contribution in [3.05, 3.63) is 69.7 Å². The summed E-state index contributed by atoms with van der Waals surface area (Å²) in [4.78, 5) is 39.4. The molecule has 0 saturated carbocycles. The van der Waals surface area contributed by atoms with Gasteiger partial charge in [-0.25, -0.2) is 9.59 Å². The highest BCUT2D eigenvalue weighted by atomic mass is 35.5. The van der Waals surface area contributed by atoms with E-state index in [1.54, 1.807) is 34.1 Å². The van der Waals surface area contributed by atoms with Crippen LogP contribution in [0.5, 0.6) is 0 Å². The van der Waals surface area contributed by atoms with Crippen molar-refractivity contribution < 1.29 is 23.9 Å². The average Bonchev–Trinajstić information content (AvgIpc) is 2.94. The molecular weight excluding hydrogens is 591 g/mol. The predicted octanol–water partition coefficient (Wildman–Crippen LogP) is 6.37. The second-order valence-electron chi connectivity index (χ2n) is 12.2. The Morgan fingerprint density at radius 3 is 1.65 bits per heavy atom. The number of halogens is 2. The lowest BCUT2D eigenvalue weighted by Crippen LogP contribution is -2.49. The molecule has 2 fully saturated rings. The lowest BCUT2D eigenvalue weighted by Gasteiger charge is -2.35. The molecular formula is C32H46Cl2N4O5. The van der Waals surface area contributed by atoms with E-state index in [0.29, 0.717) is 23.7 Å². The molecule has 1 N–H and O–H groups in total. The molecule has 43 heavy (non-hydrogen) atoms. The molecule has 2 aliphatic heterocycles. The van der Waals surface area contributed by atoms with Crippen LogP contribution in [0.15, 0.2) is 48.5 Å². The maximum Gasteiger partial charge on any atom is 0.410 e. The third-order valence-electron chi connectivity index (χ3n) is 6.18. The summed E-state index contributed by atoms with van der Waals surface area (Å²) in [5, 5.41) is 4.49. The fourth-order valence-corrected chi connectivity index (χ4v) is 4.40. The molecule has 0 aromatic heterocycles. The number of hydrogen-bond donors (Lipinski definition) is 1. The van der Waals surface area contributed by atoms with Crippen LogP contribution in [-0.2, 0) is 16.0 Å². The number of nitrogens with zero attached hydrogens (tertiary/aromatic N) is 3. The molecule has 9 nitrogen and oxygen atoms in total. The summed E-state index contributed by atoms with van der Waals surface area (Å²) >= 11 is 11.8. The minimum Gasteiger partial charge on any atom is -0.444 e. The van der Waals surface area contributed by atoms with Gasteiger partial charge >= 0.3 is 12.2 Å². The first-order chi connectivity index (χ1) is 20.2. The second-order valence-corrected chi connectivity index (χ2v) is 13.0. The van der Waals surface area contributed by atoms with Crippen LogP contribution < -0.4 is 5.32 Å². The highest BCUT2D eigenvalue weighted by Gasteiger charge is 2.26. The topological polar surface area (TPSA) is 91.4 Å². The van der Waals surface area contributed by atoms with Gasteiger partial charge in [0.2, 0.25) is 0 Å². The molecule has 2 amide bonds. The lowest BCUT2D eigenvalue weighted by molar-refractivity contribution is 0.0138. The monoisotopic (exact) mass is 636 g/mol. The molecule has 0 atom stereocenters. The molecule has 0 unspecified atom stereocenters. The van der Waals surface area contributed by atoms with Gasteiger partial charge in [0.15, 0.2) is 6.29 Å². The summed E-state index contributed by atoms with van der Waals surface area (Å²) in [6.07, 6.45) is 0.316. The number of benzene rings is 2. The third kappa shape index (κ3) is 14.4. The fraction of sp³-hybridized carbons (Fsp3) is 0.531. The normalized spacial score (nSPS) is 15.7. The number of hydrogen-bond acceptors (Lipinski definition) is 7. The quantitative estimate of drug-likeness (QED) is 0.391. The Balaban J connectivity index is 0.000000249. The van der Waals surface area contributed by atoms with Crippen molar-refractivity contribution in [1.29, 1.82) is 0 Å². The highest BCUT2D eigenvalue weighted by molar-refractivity contribution is 6.32. The smallest absolute Gasteiger partial charge is 0.410 e. The van der Waals surface area contributed by atoms with Crippen LogP contribution in [0.1, 0.15) is 57.5 Å². The van der Waals surface area contributed by atoms with Gasteiger partial charge in [0.05, 0.1) is 5.02 Å². The second kappa shape index (κ2) is 17.4. The van der Waals surface area contributed by atoms with Crippen molar-refractivity contribution in [2.24, 2.45) is 0 Å². The number of ether oxygens (including phenoxy) is 2. The Morgan fingerprint density at radius 2 is 1.21 bits per heavy atom. The number of piperazine rings is 2. The first kappa shape index (κ1) is 36.3. The first-order valence-electron chi connectivity index (χ1n) is 14.5. The van der Waals surface area contributed by atoms with Crippen LogP contribution in [0, 0.1) is 0 Å². The van der Waals surface area contributed by atoms with Crippen molar-refractivity contribution in [2.45, 2.75) is 59.3 Å². The van der Waals surface area contributed by atoms with Gasteiger partial charge < -0.3 is 24.6 Å². The van der Waals surface area contributed by atoms with Crippen LogP contribution in [0.25, 0.3) is 0 Å². The SMILES string of the molecule is CC(C)(C)OC(=O)N1CCN(Cc2ccccc2Cl)CC1.CC(C)(C)OC(=O)N1CCNCC1.O=Cc1ccccc1Cl. The van der Waals surface area contributed by atoms with Gasteiger partial charge in [-0.2, -0.15) is 0 Å². The molecule has 0 spiro atoms. The minimum atomic E-state index is -0.439. The van der Waals surface area contributed by atoms with Crippen molar-refractivity contribution in [1.82, 2.24) is 20.0 Å². The standard InChI is InChI=1S/C16H23ClN2O2.C9H18N2O2.C7H5ClO/c1-16(2,3)21-15(20)19-10-8-18(9-11-19)12-13-6-4-5-7-14(13)17;1-9(2,3)13-8(12)11-6-4-10-5-7-11;8-7-4-2-1-3-6(7)5-9/h4-7H,8-12H2,1-3H3;10H,4-7H2,1-3H3;1-5H. The fourth-order valence-electron chi connectivity index (χ4n) is 4.03. The molecule has 2 heterocycles. The molecule has 2 aromatic carbocycles. The Kier molecular flexibility index (Phi) is 14.7. The van der Waals surface area contributed by atoms with Crippen LogP contribution in [0.4, 0.5) is 9.59 Å². The zero-order valence-electron chi connectivity index (χ0n) is 26.2. The number of amides is 2. The van der Waals surface area contributed by atoms with E-state index in [-0.39, 0.29) is 17.8 Å². The summed E-state index contributed by atoms with van der Waals surface area (Å²) in [6, 6.07) is 14.8. The summed E-state index contributed by atoms with van der Waals surface area (Å²) in [6.45, 7) is 18.4.